The van der Waals surface area contributed by atoms with Crippen molar-refractivity contribution < 1.29 is 9.53 Å². The van der Waals surface area contributed by atoms with Crippen LogP contribution in [-0.2, 0) is 4.74 Å². The van der Waals surface area contributed by atoms with Gasteiger partial charge in [0.05, 0.1) is 12.2 Å². The Kier molecular flexibility index (Phi) is 6.63. The van der Waals surface area contributed by atoms with Crippen LogP contribution in [0.1, 0.15) is 49.4 Å². The summed E-state index contributed by atoms with van der Waals surface area (Å²) in [5.74, 6) is -0.329. The van der Waals surface area contributed by atoms with Gasteiger partial charge in [0.1, 0.15) is 5.15 Å². The van der Waals surface area contributed by atoms with E-state index in [4.69, 9.17) is 16.3 Å². The number of ether oxygens (including phenoxy) is 1. The van der Waals surface area contributed by atoms with Crippen LogP contribution >= 0.6 is 11.6 Å². The fourth-order valence-corrected chi connectivity index (χ4v) is 1.56. The number of nitrogens with zero attached hydrogens (tertiary/aromatic N) is 1. The molecule has 0 radical (unpaired) electrons. The number of carbonyl (C=O) groups excluding carboxylic acids is 1. The van der Waals surface area contributed by atoms with E-state index >= 15 is 0 Å². The summed E-state index contributed by atoms with van der Waals surface area (Å²) in [6.07, 6.45) is 7.14. The highest BCUT2D eigenvalue weighted by Crippen LogP contribution is 2.07. The van der Waals surface area contributed by atoms with Crippen LogP contribution < -0.4 is 0 Å². The van der Waals surface area contributed by atoms with Gasteiger partial charge >= 0.3 is 5.97 Å². The van der Waals surface area contributed by atoms with E-state index in [2.05, 4.69) is 11.9 Å². The van der Waals surface area contributed by atoms with Gasteiger partial charge in [-0.1, -0.05) is 44.2 Å². The molecule has 1 heterocycles. The second-order valence-electron chi connectivity index (χ2n) is 3.92. The summed E-state index contributed by atoms with van der Waals surface area (Å²) in [7, 11) is 0. The average Bonchev–Trinajstić information content (AvgIpc) is 2.34. The molecule has 17 heavy (non-hydrogen) atoms. The van der Waals surface area contributed by atoms with E-state index in [-0.39, 0.29) is 5.97 Å². The number of halogens is 1. The van der Waals surface area contributed by atoms with Crippen LogP contribution in [0.4, 0.5) is 0 Å². The second-order valence-corrected chi connectivity index (χ2v) is 4.31. The van der Waals surface area contributed by atoms with Crippen LogP contribution in [-0.4, -0.2) is 17.6 Å². The molecule has 1 aromatic rings. The van der Waals surface area contributed by atoms with Crippen LogP contribution in [0.15, 0.2) is 18.3 Å². The van der Waals surface area contributed by atoms with E-state index in [0.717, 1.165) is 12.8 Å². The van der Waals surface area contributed by atoms with Gasteiger partial charge in [-0.3, -0.25) is 0 Å². The molecule has 0 amide bonds. The third-order valence-corrected chi connectivity index (χ3v) is 2.67. The van der Waals surface area contributed by atoms with Crippen molar-refractivity contribution in [3.05, 3.63) is 29.0 Å². The predicted molar refractivity (Wildman–Crippen MR) is 68.3 cm³/mol. The Labute approximate surface area is 107 Å². The molecule has 0 aromatic carbocycles. The summed E-state index contributed by atoms with van der Waals surface area (Å²) in [5, 5.41) is 0.376. The van der Waals surface area contributed by atoms with Gasteiger partial charge in [0.25, 0.3) is 0 Å². The minimum Gasteiger partial charge on any atom is -0.462 e. The Balaban J connectivity index is 2.19. The zero-order valence-electron chi connectivity index (χ0n) is 10.1. The van der Waals surface area contributed by atoms with E-state index in [1.165, 1.54) is 25.5 Å². The van der Waals surface area contributed by atoms with Crippen molar-refractivity contribution in [3.8, 4) is 0 Å². The normalized spacial score (nSPS) is 10.2. The smallest absolute Gasteiger partial charge is 0.339 e. The Morgan fingerprint density at radius 3 is 2.71 bits per heavy atom. The van der Waals surface area contributed by atoms with Gasteiger partial charge in [0.15, 0.2) is 0 Å². The number of pyridine rings is 1. The number of esters is 1. The number of carbonyl (C=O) groups is 1. The van der Waals surface area contributed by atoms with Gasteiger partial charge in [-0.15, -0.1) is 0 Å². The van der Waals surface area contributed by atoms with Crippen LogP contribution in [0.25, 0.3) is 0 Å². The lowest BCUT2D eigenvalue weighted by molar-refractivity contribution is 0.0497. The van der Waals surface area contributed by atoms with Gasteiger partial charge in [-0.25, -0.2) is 9.78 Å². The maximum atomic E-state index is 11.5. The largest absolute Gasteiger partial charge is 0.462 e. The van der Waals surface area contributed by atoms with Crippen molar-refractivity contribution in [2.45, 2.75) is 39.0 Å². The Morgan fingerprint density at radius 1 is 1.29 bits per heavy atom. The molecule has 0 spiro atoms. The molecule has 0 N–H and O–H groups in total. The van der Waals surface area contributed by atoms with E-state index in [1.807, 2.05) is 0 Å². The van der Waals surface area contributed by atoms with E-state index in [0.29, 0.717) is 17.3 Å². The minimum absolute atomic E-state index is 0.329. The highest BCUT2D eigenvalue weighted by Gasteiger charge is 2.06. The van der Waals surface area contributed by atoms with Crippen molar-refractivity contribution in [2.75, 3.05) is 6.61 Å². The molecule has 0 aliphatic heterocycles. The Bertz CT molecular complexity index is 338. The molecule has 0 aliphatic rings. The standard InChI is InChI=1S/C13H18ClNO2/c1-2-3-4-5-6-9-17-13(16)11-7-8-12(14)15-10-11/h7-8,10H,2-6,9H2,1H3. The first-order valence-electron chi connectivity index (χ1n) is 6.02. The molecule has 4 heteroatoms. The SMILES string of the molecule is CCCCCCCOC(=O)c1ccc(Cl)nc1. The van der Waals surface area contributed by atoms with E-state index < -0.39 is 0 Å². The molecule has 0 saturated heterocycles. The third-order valence-electron chi connectivity index (χ3n) is 2.44. The Hall–Kier alpha value is -1.09. The first kappa shape index (κ1) is 14.0. The van der Waals surface area contributed by atoms with Crippen molar-refractivity contribution in [3.63, 3.8) is 0 Å². The molecular formula is C13H18ClNO2. The summed E-state index contributed by atoms with van der Waals surface area (Å²) in [6, 6.07) is 3.20. The van der Waals surface area contributed by atoms with Gasteiger partial charge < -0.3 is 4.74 Å². The fourth-order valence-electron chi connectivity index (χ4n) is 1.45. The monoisotopic (exact) mass is 255 g/mol. The van der Waals surface area contributed by atoms with Gasteiger partial charge in [0.2, 0.25) is 0 Å². The highest BCUT2D eigenvalue weighted by atomic mass is 35.5. The lowest BCUT2D eigenvalue weighted by Gasteiger charge is -2.04. The molecular weight excluding hydrogens is 238 g/mol. The van der Waals surface area contributed by atoms with Crippen molar-refractivity contribution in [2.24, 2.45) is 0 Å². The molecule has 0 saturated carbocycles. The molecule has 0 aliphatic carbocycles. The number of aromatic nitrogens is 1. The van der Waals surface area contributed by atoms with Crippen molar-refractivity contribution in [1.82, 2.24) is 4.98 Å². The van der Waals surface area contributed by atoms with E-state index in [9.17, 15) is 4.79 Å². The van der Waals surface area contributed by atoms with Crippen molar-refractivity contribution in [1.29, 1.82) is 0 Å². The molecule has 0 atom stereocenters. The topological polar surface area (TPSA) is 39.2 Å². The van der Waals surface area contributed by atoms with Crippen LogP contribution in [0.3, 0.4) is 0 Å². The zero-order chi connectivity index (χ0) is 12.5. The molecule has 0 fully saturated rings. The highest BCUT2D eigenvalue weighted by molar-refractivity contribution is 6.29. The van der Waals surface area contributed by atoms with Gasteiger partial charge in [-0.2, -0.15) is 0 Å². The van der Waals surface area contributed by atoms with Gasteiger partial charge in [-0.05, 0) is 18.6 Å². The molecule has 94 valence electrons. The van der Waals surface area contributed by atoms with E-state index in [1.54, 1.807) is 12.1 Å². The lowest BCUT2D eigenvalue weighted by Crippen LogP contribution is -2.06. The number of rotatable bonds is 7. The molecule has 0 unspecified atom stereocenters. The fraction of sp³-hybridized carbons (Fsp3) is 0.538. The predicted octanol–water partition coefficient (Wildman–Crippen LogP) is 3.86. The summed E-state index contributed by atoms with van der Waals surface area (Å²) < 4.78 is 5.13. The number of hydrogen-bond donors (Lipinski definition) is 0. The summed E-state index contributed by atoms with van der Waals surface area (Å²) in [6.45, 7) is 2.65. The first-order chi connectivity index (χ1) is 8.24. The molecule has 0 bridgehead atoms. The first-order valence-corrected chi connectivity index (χ1v) is 6.40. The quantitative estimate of drug-likeness (QED) is 0.422. The Morgan fingerprint density at radius 2 is 2.06 bits per heavy atom. The average molecular weight is 256 g/mol. The van der Waals surface area contributed by atoms with Crippen LogP contribution in [0, 0.1) is 0 Å². The van der Waals surface area contributed by atoms with Crippen LogP contribution in [0.5, 0.6) is 0 Å². The third kappa shape index (κ3) is 5.68. The number of hydrogen-bond acceptors (Lipinski definition) is 3. The summed E-state index contributed by atoms with van der Waals surface area (Å²) >= 11 is 5.63. The molecule has 1 rings (SSSR count). The maximum absolute atomic E-state index is 11.5. The minimum atomic E-state index is -0.329. The summed E-state index contributed by atoms with van der Waals surface area (Å²) in [5.41, 5.74) is 0.447. The lowest BCUT2D eigenvalue weighted by atomic mass is 10.2. The van der Waals surface area contributed by atoms with Gasteiger partial charge in [0, 0.05) is 6.20 Å². The van der Waals surface area contributed by atoms with Crippen molar-refractivity contribution >= 4 is 17.6 Å². The number of unbranched alkanes of at least 4 members (excludes halogenated alkanes) is 4. The zero-order valence-corrected chi connectivity index (χ0v) is 10.9. The molecule has 3 nitrogen and oxygen atoms in total. The maximum Gasteiger partial charge on any atom is 0.339 e. The second kappa shape index (κ2) is 8.07. The summed E-state index contributed by atoms with van der Waals surface area (Å²) in [4.78, 5) is 15.4. The molecule has 1 aromatic heterocycles. The van der Waals surface area contributed by atoms with Crippen LogP contribution in [0.2, 0.25) is 5.15 Å².